The molecule has 6 heteroatoms. The number of hydrogen-bond acceptors (Lipinski definition) is 6. The molecule has 6 nitrogen and oxygen atoms in total. The van der Waals surface area contributed by atoms with Crippen molar-refractivity contribution >= 4 is 0 Å². The van der Waals surface area contributed by atoms with Gasteiger partial charge in [0.25, 0.3) is 0 Å². The van der Waals surface area contributed by atoms with E-state index in [-0.39, 0.29) is 5.41 Å². The van der Waals surface area contributed by atoms with Crippen LogP contribution in [-0.4, -0.2) is 60.0 Å². The van der Waals surface area contributed by atoms with Gasteiger partial charge in [-0.05, 0) is 25.7 Å². The van der Waals surface area contributed by atoms with Crippen molar-refractivity contribution in [3.63, 3.8) is 0 Å². The van der Waals surface area contributed by atoms with E-state index < -0.39 is 0 Å². The van der Waals surface area contributed by atoms with E-state index >= 15 is 0 Å². The van der Waals surface area contributed by atoms with Gasteiger partial charge in [-0.25, -0.2) is 0 Å². The van der Waals surface area contributed by atoms with Gasteiger partial charge >= 0.3 is 0 Å². The van der Waals surface area contributed by atoms with E-state index in [1.54, 1.807) is 0 Å². The molecule has 0 N–H and O–H groups in total. The molecule has 0 aliphatic heterocycles. The fraction of sp³-hybridized carbons (Fsp3) is 1.00. The normalized spacial score (nSPS) is 12.0. The molecule has 0 heterocycles. The Balaban J connectivity index is 4.19. The molecule has 0 aromatic heterocycles. The van der Waals surface area contributed by atoms with Gasteiger partial charge in [-0.3, -0.25) is 0 Å². The number of ether oxygens (including phenoxy) is 6. The Kier molecular flexibility index (Phi) is 58.9. The van der Waals surface area contributed by atoms with Crippen LogP contribution in [0.4, 0.5) is 0 Å². The van der Waals surface area contributed by atoms with Crippen LogP contribution in [0.3, 0.4) is 0 Å². The Morgan fingerprint density at radius 2 is 0.364 bits per heavy atom. The maximum absolute atomic E-state index is 6.13. The third-order valence-electron chi connectivity index (χ3n) is 14.2. The maximum atomic E-state index is 6.13. The zero-order valence-corrected chi connectivity index (χ0v) is 45.8. The van der Waals surface area contributed by atoms with E-state index in [4.69, 9.17) is 28.4 Å². The molecule has 0 spiro atoms. The molecule has 0 fully saturated rings. The van der Waals surface area contributed by atoms with Crippen LogP contribution in [0.15, 0.2) is 0 Å². The van der Waals surface area contributed by atoms with Crippen LogP contribution in [-0.2, 0) is 28.4 Å². The molecule has 0 bridgehead atoms. The third kappa shape index (κ3) is 53.1. The van der Waals surface area contributed by atoms with Gasteiger partial charge in [0.2, 0.25) is 0 Å². The summed E-state index contributed by atoms with van der Waals surface area (Å²) >= 11 is 0. The highest BCUT2D eigenvalue weighted by Crippen LogP contribution is 2.25. The van der Waals surface area contributed by atoms with E-state index in [2.05, 4.69) is 27.7 Å². The quantitative estimate of drug-likeness (QED) is 0.0447. The summed E-state index contributed by atoms with van der Waals surface area (Å²) in [5, 5.41) is 0. The molecule has 0 aromatic carbocycles. The van der Waals surface area contributed by atoms with Crippen molar-refractivity contribution in [3.05, 3.63) is 0 Å². The van der Waals surface area contributed by atoms with E-state index in [0.29, 0.717) is 40.2 Å². The molecular weight excluding hydrogens is 817 g/mol. The number of unbranched alkanes of at least 4 members (excludes halogenated alkanes) is 42. The minimum atomic E-state index is -0.256. The first-order chi connectivity index (χ1) is 32.7. The van der Waals surface area contributed by atoms with Crippen LogP contribution in [0.2, 0.25) is 0 Å². The SMILES string of the molecule is CCCCCCCCCCCCCCCCCOCOCC(CC)(COCOCCCCCCCCCCCCCCCCC)COCOCCCCCCCCCCCCCCCCC. The van der Waals surface area contributed by atoms with E-state index in [1.165, 1.54) is 270 Å². The molecule has 0 aliphatic rings. The third-order valence-corrected chi connectivity index (χ3v) is 14.2. The summed E-state index contributed by atoms with van der Waals surface area (Å²) in [5.41, 5.74) is -0.256. The second-order valence-electron chi connectivity index (χ2n) is 20.8. The van der Waals surface area contributed by atoms with Crippen molar-refractivity contribution in [2.45, 2.75) is 323 Å². The van der Waals surface area contributed by atoms with Gasteiger partial charge in [-0.15, -0.1) is 0 Å². The standard InChI is InChI=1S/C60H122O6/c1-5-9-12-15-18-21-24-27-30-33-36-39-42-45-48-51-61-57-64-54-60(8-4,55-65-58-62-52-49-46-43-40-37-34-31-28-25-22-19-16-13-10-6-2)56-66-59-63-53-50-47-44-41-38-35-32-29-26-23-20-17-14-11-7-3/h5-59H2,1-4H3. The van der Waals surface area contributed by atoms with Crippen LogP contribution in [0.5, 0.6) is 0 Å². The Bertz CT molecular complexity index is 737. The van der Waals surface area contributed by atoms with Crippen LogP contribution >= 0.6 is 0 Å². The lowest BCUT2D eigenvalue weighted by Gasteiger charge is -2.32. The Labute approximate surface area is 415 Å². The number of rotatable bonds is 61. The van der Waals surface area contributed by atoms with Gasteiger partial charge in [0.05, 0.1) is 19.8 Å². The van der Waals surface area contributed by atoms with Crippen molar-refractivity contribution in [1.82, 2.24) is 0 Å². The van der Waals surface area contributed by atoms with Gasteiger partial charge in [-0.2, -0.15) is 0 Å². The summed E-state index contributed by atoms with van der Waals surface area (Å²) < 4.78 is 36.2. The molecular formula is C60H122O6. The van der Waals surface area contributed by atoms with Gasteiger partial charge < -0.3 is 28.4 Å². The van der Waals surface area contributed by atoms with Crippen LogP contribution in [0, 0.1) is 5.41 Å². The molecule has 66 heavy (non-hydrogen) atoms. The van der Waals surface area contributed by atoms with E-state index in [1.807, 2.05) is 0 Å². The maximum Gasteiger partial charge on any atom is 0.146 e. The van der Waals surface area contributed by atoms with Crippen molar-refractivity contribution in [1.29, 1.82) is 0 Å². The molecule has 0 amide bonds. The first kappa shape index (κ1) is 65.8. The largest absolute Gasteiger partial charge is 0.355 e. The second-order valence-corrected chi connectivity index (χ2v) is 20.8. The van der Waals surface area contributed by atoms with Gasteiger partial charge in [0.1, 0.15) is 20.4 Å². The highest BCUT2D eigenvalue weighted by Gasteiger charge is 2.30. The summed E-state index contributed by atoms with van der Waals surface area (Å²) in [7, 11) is 0. The average Bonchev–Trinajstić information content (AvgIpc) is 3.33. The van der Waals surface area contributed by atoms with Crippen LogP contribution in [0.25, 0.3) is 0 Å². The zero-order chi connectivity index (χ0) is 47.6. The van der Waals surface area contributed by atoms with Gasteiger partial charge in [0.15, 0.2) is 0 Å². The highest BCUT2D eigenvalue weighted by atomic mass is 16.7. The minimum absolute atomic E-state index is 0.256. The summed E-state index contributed by atoms with van der Waals surface area (Å²) in [6.07, 6.45) is 62.8. The first-order valence-corrected chi connectivity index (χ1v) is 30.2. The molecule has 0 unspecified atom stereocenters. The first-order valence-electron chi connectivity index (χ1n) is 30.2. The summed E-state index contributed by atoms with van der Waals surface area (Å²) in [6, 6.07) is 0. The number of hydrogen-bond donors (Lipinski definition) is 0. The minimum Gasteiger partial charge on any atom is -0.355 e. The highest BCUT2D eigenvalue weighted by molar-refractivity contribution is 4.77. The average molecular weight is 940 g/mol. The smallest absolute Gasteiger partial charge is 0.146 e. The molecule has 0 saturated heterocycles. The molecule has 0 rings (SSSR count). The van der Waals surface area contributed by atoms with Crippen molar-refractivity contribution < 1.29 is 28.4 Å². The topological polar surface area (TPSA) is 55.4 Å². The van der Waals surface area contributed by atoms with Gasteiger partial charge in [0, 0.05) is 25.2 Å². The zero-order valence-electron chi connectivity index (χ0n) is 45.8. The molecule has 0 aromatic rings. The fourth-order valence-corrected chi connectivity index (χ4v) is 9.29. The lowest BCUT2D eigenvalue weighted by molar-refractivity contribution is -0.156. The fourth-order valence-electron chi connectivity index (χ4n) is 9.29. The molecule has 0 saturated carbocycles. The Hall–Kier alpha value is -0.240. The Morgan fingerprint density at radius 1 is 0.197 bits per heavy atom. The second kappa shape index (κ2) is 59.1. The lowest BCUT2D eigenvalue weighted by Crippen LogP contribution is -2.37. The van der Waals surface area contributed by atoms with E-state index in [9.17, 15) is 0 Å². The monoisotopic (exact) mass is 939 g/mol. The Morgan fingerprint density at radius 3 is 0.530 bits per heavy atom. The molecule has 0 aliphatic carbocycles. The van der Waals surface area contributed by atoms with E-state index in [0.717, 1.165) is 45.5 Å². The van der Waals surface area contributed by atoms with Crippen LogP contribution < -0.4 is 0 Å². The van der Waals surface area contributed by atoms with Crippen molar-refractivity contribution in [3.8, 4) is 0 Å². The molecule has 0 atom stereocenters. The van der Waals surface area contributed by atoms with Crippen molar-refractivity contribution in [2.75, 3.05) is 60.0 Å². The molecule has 398 valence electrons. The summed E-state index contributed by atoms with van der Waals surface area (Å²) in [6.45, 7) is 14.0. The predicted molar refractivity (Wildman–Crippen MR) is 288 cm³/mol. The van der Waals surface area contributed by atoms with Gasteiger partial charge in [-0.1, -0.05) is 297 Å². The lowest BCUT2D eigenvalue weighted by atomic mass is 9.88. The summed E-state index contributed by atoms with van der Waals surface area (Å²) in [4.78, 5) is 0. The van der Waals surface area contributed by atoms with Crippen molar-refractivity contribution in [2.24, 2.45) is 5.41 Å². The predicted octanol–water partition coefficient (Wildman–Crippen LogP) is 20.0. The van der Waals surface area contributed by atoms with Crippen LogP contribution in [0.1, 0.15) is 323 Å². The molecule has 0 radical (unpaired) electrons. The summed E-state index contributed by atoms with van der Waals surface area (Å²) in [5.74, 6) is 0.